The van der Waals surface area contributed by atoms with Gasteiger partial charge in [-0.05, 0) is 50.7 Å². The van der Waals surface area contributed by atoms with E-state index in [4.69, 9.17) is 10.2 Å². The van der Waals surface area contributed by atoms with E-state index in [2.05, 4.69) is 23.7 Å². The van der Waals surface area contributed by atoms with E-state index in [0.717, 1.165) is 34.4 Å². The zero-order chi connectivity index (χ0) is 17.1. The second-order valence-corrected chi connectivity index (χ2v) is 4.46. The molecule has 0 aliphatic heterocycles. The van der Waals surface area contributed by atoms with Crippen LogP contribution in [0.3, 0.4) is 0 Å². The summed E-state index contributed by atoms with van der Waals surface area (Å²) in [6.45, 7) is 7.09. The Labute approximate surface area is 130 Å². The topological polar surface area (TPSA) is 74.6 Å². The molecule has 0 saturated carbocycles. The van der Waals surface area contributed by atoms with Crippen molar-refractivity contribution in [1.82, 2.24) is 0 Å². The van der Waals surface area contributed by atoms with Gasteiger partial charge in [-0.1, -0.05) is 24.0 Å². The monoisotopic (exact) mass is 298 g/mol. The van der Waals surface area contributed by atoms with Crippen molar-refractivity contribution in [2.24, 2.45) is 0 Å². The molecule has 0 amide bonds. The number of rotatable bonds is 4. The average Bonchev–Trinajstić information content (AvgIpc) is 2.45. The highest BCUT2D eigenvalue weighted by atomic mass is 16.4. The van der Waals surface area contributed by atoms with Gasteiger partial charge >= 0.3 is 11.9 Å². The van der Waals surface area contributed by atoms with E-state index in [1.165, 1.54) is 12.2 Å². The van der Waals surface area contributed by atoms with Crippen LogP contribution in [0, 0.1) is 23.7 Å². The predicted molar refractivity (Wildman–Crippen MR) is 85.9 cm³/mol. The fourth-order valence-corrected chi connectivity index (χ4v) is 1.09. The molecule has 0 spiro atoms. The third-order valence-corrected chi connectivity index (χ3v) is 2.70. The van der Waals surface area contributed by atoms with Gasteiger partial charge in [0.05, 0.1) is 0 Å². The molecule has 0 bridgehead atoms. The van der Waals surface area contributed by atoms with Crippen molar-refractivity contribution in [1.29, 1.82) is 0 Å². The van der Waals surface area contributed by atoms with Crippen LogP contribution in [-0.2, 0) is 9.59 Å². The Morgan fingerprint density at radius 2 is 1.00 bits per heavy atom. The van der Waals surface area contributed by atoms with E-state index in [9.17, 15) is 9.59 Å². The van der Waals surface area contributed by atoms with Crippen molar-refractivity contribution in [3.05, 3.63) is 46.6 Å². The number of allylic oxidation sites excluding steroid dienone is 6. The lowest BCUT2D eigenvalue weighted by molar-refractivity contribution is -0.132. The van der Waals surface area contributed by atoms with E-state index < -0.39 is 11.9 Å². The normalized spacial score (nSPS) is 12.7. The molecule has 0 aliphatic rings. The Morgan fingerprint density at radius 3 is 1.27 bits per heavy atom. The molecule has 0 radical (unpaired) electrons. The predicted octanol–water partition coefficient (Wildman–Crippen LogP) is 2.95. The molecule has 0 aromatic heterocycles. The Balaban J connectivity index is 5.06. The summed E-state index contributed by atoms with van der Waals surface area (Å²) in [5, 5.41) is 17.1. The lowest BCUT2D eigenvalue weighted by atomic mass is 10.1. The molecule has 0 heterocycles. The highest BCUT2D eigenvalue weighted by Crippen LogP contribution is 2.04. The largest absolute Gasteiger partial charge is 0.478 e. The second-order valence-electron chi connectivity index (χ2n) is 4.46. The average molecular weight is 298 g/mol. The lowest BCUT2D eigenvalue weighted by Gasteiger charge is -1.93. The van der Waals surface area contributed by atoms with Crippen molar-refractivity contribution in [2.45, 2.75) is 27.7 Å². The Bertz CT molecular complexity index is 631. The Kier molecular flexibility index (Phi) is 8.52. The van der Waals surface area contributed by atoms with Gasteiger partial charge in [0.2, 0.25) is 0 Å². The van der Waals surface area contributed by atoms with Crippen molar-refractivity contribution >= 4 is 11.9 Å². The first-order chi connectivity index (χ1) is 10.2. The van der Waals surface area contributed by atoms with Crippen LogP contribution in [0.4, 0.5) is 0 Å². The maximum absolute atomic E-state index is 10.4. The zero-order valence-electron chi connectivity index (χ0n) is 13.0. The van der Waals surface area contributed by atoms with Crippen LogP contribution < -0.4 is 0 Å². The summed E-state index contributed by atoms with van der Waals surface area (Å²) < 4.78 is 0. The van der Waals surface area contributed by atoms with E-state index in [1.54, 1.807) is 27.7 Å². The number of hydrogen-bond donors (Lipinski definition) is 2. The summed E-state index contributed by atoms with van der Waals surface area (Å²) in [4.78, 5) is 20.8. The summed E-state index contributed by atoms with van der Waals surface area (Å²) >= 11 is 0. The van der Waals surface area contributed by atoms with Crippen LogP contribution in [0.2, 0.25) is 0 Å². The zero-order valence-corrected chi connectivity index (χ0v) is 13.0. The Hall–Kier alpha value is -2.98. The van der Waals surface area contributed by atoms with Gasteiger partial charge in [-0.2, -0.15) is 0 Å². The number of hydrogen-bond acceptors (Lipinski definition) is 2. The van der Waals surface area contributed by atoms with Crippen LogP contribution in [0.15, 0.2) is 46.6 Å². The third-order valence-electron chi connectivity index (χ3n) is 2.70. The number of carboxylic acids is 2. The van der Waals surface area contributed by atoms with Crippen LogP contribution in [0.25, 0.3) is 0 Å². The van der Waals surface area contributed by atoms with Crippen LogP contribution in [-0.4, -0.2) is 22.2 Å². The van der Waals surface area contributed by atoms with Crippen molar-refractivity contribution in [3.63, 3.8) is 0 Å². The molecule has 0 aromatic rings. The van der Waals surface area contributed by atoms with Crippen molar-refractivity contribution < 1.29 is 19.8 Å². The standard InChI is InChI=1S/C18H18O4/c1-13(15(3)9-11-17(19)20)7-5-6-8-14(2)16(4)10-12-18(21)22/h9-12H,1-4H3,(H,19,20)(H,21,22)/b11-9+,12-10+,15-13+,16-14+. The maximum atomic E-state index is 10.4. The summed E-state index contributed by atoms with van der Waals surface area (Å²) in [6, 6.07) is 0. The molecule has 0 rings (SSSR count). The summed E-state index contributed by atoms with van der Waals surface area (Å²) in [5.41, 5.74) is 2.97. The fourth-order valence-electron chi connectivity index (χ4n) is 1.09. The van der Waals surface area contributed by atoms with Gasteiger partial charge in [-0.3, -0.25) is 0 Å². The maximum Gasteiger partial charge on any atom is 0.328 e. The molecule has 0 unspecified atom stereocenters. The number of carbonyl (C=O) groups is 2. The van der Waals surface area contributed by atoms with Crippen molar-refractivity contribution in [2.75, 3.05) is 0 Å². The minimum Gasteiger partial charge on any atom is -0.478 e. The molecule has 0 atom stereocenters. The molecule has 4 nitrogen and oxygen atoms in total. The molecular formula is C18H18O4. The van der Waals surface area contributed by atoms with E-state index >= 15 is 0 Å². The minimum absolute atomic E-state index is 0.732. The fraction of sp³-hybridized carbons (Fsp3) is 0.222. The van der Waals surface area contributed by atoms with Crippen LogP contribution in [0.1, 0.15) is 27.7 Å². The van der Waals surface area contributed by atoms with Crippen molar-refractivity contribution in [3.8, 4) is 23.7 Å². The number of aliphatic carboxylic acids is 2. The first kappa shape index (κ1) is 19.0. The minimum atomic E-state index is -1.01. The van der Waals surface area contributed by atoms with Gasteiger partial charge < -0.3 is 10.2 Å². The molecule has 0 saturated heterocycles. The molecule has 22 heavy (non-hydrogen) atoms. The highest BCUT2D eigenvalue weighted by Gasteiger charge is 1.92. The van der Waals surface area contributed by atoms with Gasteiger partial charge in [-0.15, -0.1) is 0 Å². The second kappa shape index (κ2) is 9.85. The van der Waals surface area contributed by atoms with Gasteiger partial charge in [0.1, 0.15) is 0 Å². The SMILES string of the molecule is C/C(C#CC#C/C(C)=C(C)/C=C/C(=O)O)=C(C)\C=C\C(=O)O. The van der Waals surface area contributed by atoms with Gasteiger partial charge in [-0.25, -0.2) is 9.59 Å². The quantitative estimate of drug-likeness (QED) is 0.475. The molecule has 2 N–H and O–H groups in total. The summed E-state index contributed by atoms with van der Waals surface area (Å²) in [5.74, 6) is 9.00. The molecule has 0 aromatic carbocycles. The van der Waals surface area contributed by atoms with Gasteiger partial charge in [0, 0.05) is 23.3 Å². The van der Waals surface area contributed by atoms with E-state index in [0.29, 0.717) is 0 Å². The first-order valence-corrected chi connectivity index (χ1v) is 6.43. The summed E-state index contributed by atoms with van der Waals surface area (Å²) in [7, 11) is 0. The van der Waals surface area contributed by atoms with Gasteiger partial charge in [0.15, 0.2) is 0 Å². The lowest BCUT2D eigenvalue weighted by Crippen LogP contribution is -1.87. The molecule has 0 aliphatic carbocycles. The van der Waals surface area contributed by atoms with Crippen LogP contribution in [0.5, 0.6) is 0 Å². The third kappa shape index (κ3) is 9.01. The molecule has 0 fully saturated rings. The molecule has 4 heteroatoms. The Morgan fingerprint density at radius 1 is 0.682 bits per heavy atom. The van der Waals surface area contributed by atoms with E-state index in [-0.39, 0.29) is 0 Å². The highest BCUT2D eigenvalue weighted by molar-refractivity contribution is 5.80. The van der Waals surface area contributed by atoms with Crippen LogP contribution >= 0.6 is 0 Å². The van der Waals surface area contributed by atoms with Gasteiger partial charge in [0.25, 0.3) is 0 Å². The van der Waals surface area contributed by atoms with E-state index in [1.807, 2.05) is 0 Å². The molecular weight excluding hydrogens is 280 g/mol. The smallest absolute Gasteiger partial charge is 0.328 e. The molecule has 114 valence electrons. The number of carboxylic acid groups (broad SMARTS) is 2. The first-order valence-electron chi connectivity index (χ1n) is 6.43. The summed E-state index contributed by atoms with van der Waals surface area (Å²) in [6.07, 6.45) is 5.06.